The standard InChI is InChI=1S/C10H11N/c1-3-4-7-10-9(2)6-5-8-11-10/h5-6,8H,3H2,1-2H3. The molecule has 1 heteroatoms. The summed E-state index contributed by atoms with van der Waals surface area (Å²) in [5.74, 6) is 5.99. The second-order valence-electron chi connectivity index (χ2n) is 2.32. The molecule has 0 atom stereocenters. The van der Waals surface area contributed by atoms with E-state index < -0.39 is 0 Å². The lowest BCUT2D eigenvalue weighted by molar-refractivity contribution is 1.22. The van der Waals surface area contributed by atoms with Gasteiger partial charge in [0.25, 0.3) is 0 Å². The van der Waals surface area contributed by atoms with E-state index in [2.05, 4.69) is 16.8 Å². The fourth-order valence-corrected chi connectivity index (χ4v) is 0.789. The molecule has 0 unspecified atom stereocenters. The Morgan fingerprint density at radius 1 is 1.55 bits per heavy atom. The molecule has 0 radical (unpaired) electrons. The van der Waals surface area contributed by atoms with Gasteiger partial charge >= 0.3 is 0 Å². The van der Waals surface area contributed by atoms with Crippen molar-refractivity contribution in [3.63, 3.8) is 0 Å². The average molecular weight is 145 g/mol. The number of hydrogen-bond donors (Lipinski definition) is 0. The van der Waals surface area contributed by atoms with E-state index in [0.29, 0.717) is 0 Å². The molecule has 1 aromatic rings. The van der Waals surface area contributed by atoms with E-state index in [1.165, 1.54) is 0 Å². The normalized spacial score (nSPS) is 8.55. The summed E-state index contributed by atoms with van der Waals surface area (Å²) < 4.78 is 0. The van der Waals surface area contributed by atoms with Crippen molar-refractivity contribution in [3.05, 3.63) is 29.6 Å². The number of pyridine rings is 1. The van der Waals surface area contributed by atoms with Crippen LogP contribution in [0.2, 0.25) is 0 Å². The van der Waals surface area contributed by atoms with Gasteiger partial charge in [0.2, 0.25) is 0 Å². The molecule has 0 amide bonds. The highest BCUT2D eigenvalue weighted by Gasteiger charge is 1.90. The Labute approximate surface area is 67.5 Å². The SMILES string of the molecule is CCC#Cc1ncccc1C. The number of nitrogens with zero attached hydrogens (tertiary/aromatic N) is 1. The van der Waals surface area contributed by atoms with Crippen molar-refractivity contribution in [2.75, 3.05) is 0 Å². The van der Waals surface area contributed by atoms with Crippen LogP contribution in [0.3, 0.4) is 0 Å². The van der Waals surface area contributed by atoms with Crippen LogP contribution in [0, 0.1) is 18.8 Å². The summed E-state index contributed by atoms with van der Waals surface area (Å²) in [5, 5.41) is 0. The summed E-state index contributed by atoms with van der Waals surface area (Å²) in [4.78, 5) is 4.14. The number of aromatic nitrogens is 1. The molecule has 56 valence electrons. The first-order valence-electron chi connectivity index (χ1n) is 3.75. The molecule has 0 aromatic carbocycles. The minimum atomic E-state index is 0.885. The van der Waals surface area contributed by atoms with Gasteiger partial charge in [0.15, 0.2) is 0 Å². The van der Waals surface area contributed by atoms with Crippen LogP contribution in [-0.4, -0.2) is 4.98 Å². The van der Waals surface area contributed by atoms with Gasteiger partial charge in [0, 0.05) is 12.6 Å². The third-order valence-electron chi connectivity index (χ3n) is 1.39. The van der Waals surface area contributed by atoms with E-state index in [0.717, 1.165) is 17.7 Å². The zero-order valence-corrected chi connectivity index (χ0v) is 6.89. The Balaban J connectivity index is 2.95. The molecule has 0 N–H and O–H groups in total. The Morgan fingerprint density at radius 3 is 3.00 bits per heavy atom. The van der Waals surface area contributed by atoms with Crippen molar-refractivity contribution in [1.29, 1.82) is 0 Å². The van der Waals surface area contributed by atoms with Gasteiger partial charge in [0.1, 0.15) is 5.69 Å². The fourth-order valence-electron chi connectivity index (χ4n) is 0.789. The van der Waals surface area contributed by atoms with E-state index in [-0.39, 0.29) is 0 Å². The Kier molecular flexibility index (Phi) is 2.68. The van der Waals surface area contributed by atoms with Gasteiger partial charge in [0.05, 0.1) is 0 Å². The zero-order valence-electron chi connectivity index (χ0n) is 6.89. The van der Waals surface area contributed by atoms with Crippen LogP contribution in [0.5, 0.6) is 0 Å². The molecule has 0 aliphatic rings. The van der Waals surface area contributed by atoms with Crippen molar-refractivity contribution in [2.24, 2.45) is 0 Å². The maximum absolute atomic E-state index is 4.14. The molecule has 0 aliphatic heterocycles. The molecule has 1 nitrogen and oxygen atoms in total. The summed E-state index contributed by atoms with van der Waals surface area (Å²) in [6, 6.07) is 3.94. The average Bonchev–Trinajstić information content (AvgIpc) is 2.03. The highest BCUT2D eigenvalue weighted by molar-refractivity contribution is 5.33. The zero-order chi connectivity index (χ0) is 8.10. The van der Waals surface area contributed by atoms with Crippen molar-refractivity contribution in [3.8, 4) is 11.8 Å². The van der Waals surface area contributed by atoms with Gasteiger partial charge in [-0.1, -0.05) is 18.9 Å². The molecule has 11 heavy (non-hydrogen) atoms. The lowest BCUT2D eigenvalue weighted by Gasteiger charge is -1.92. The minimum absolute atomic E-state index is 0.885. The van der Waals surface area contributed by atoms with E-state index in [1.807, 2.05) is 26.0 Å². The van der Waals surface area contributed by atoms with Crippen LogP contribution in [0.4, 0.5) is 0 Å². The van der Waals surface area contributed by atoms with Crippen molar-refractivity contribution in [1.82, 2.24) is 4.98 Å². The highest BCUT2D eigenvalue weighted by atomic mass is 14.7. The summed E-state index contributed by atoms with van der Waals surface area (Å²) in [5.41, 5.74) is 2.04. The first-order valence-corrected chi connectivity index (χ1v) is 3.75. The molecule has 1 aromatic heterocycles. The summed E-state index contributed by atoms with van der Waals surface area (Å²) in [6.07, 6.45) is 2.66. The molecular weight excluding hydrogens is 134 g/mol. The first-order chi connectivity index (χ1) is 5.34. The molecule has 0 spiro atoms. The van der Waals surface area contributed by atoms with Crippen LogP contribution in [-0.2, 0) is 0 Å². The van der Waals surface area contributed by atoms with Crippen molar-refractivity contribution in [2.45, 2.75) is 20.3 Å². The topological polar surface area (TPSA) is 12.9 Å². The number of aryl methyl sites for hydroxylation is 1. The summed E-state index contributed by atoms with van der Waals surface area (Å²) in [7, 11) is 0. The Hall–Kier alpha value is -1.29. The van der Waals surface area contributed by atoms with Gasteiger partial charge in [-0.3, -0.25) is 0 Å². The molecule has 0 fully saturated rings. The fraction of sp³-hybridized carbons (Fsp3) is 0.300. The quantitative estimate of drug-likeness (QED) is 0.510. The number of rotatable bonds is 0. The van der Waals surface area contributed by atoms with Crippen LogP contribution in [0.25, 0.3) is 0 Å². The molecule has 0 saturated carbocycles. The molecule has 0 bridgehead atoms. The van der Waals surface area contributed by atoms with Crippen molar-refractivity contribution >= 4 is 0 Å². The maximum atomic E-state index is 4.14. The van der Waals surface area contributed by atoms with Gasteiger partial charge < -0.3 is 0 Å². The Morgan fingerprint density at radius 2 is 2.36 bits per heavy atom. The van der Waals surface area contributed by atoms with Crippen LogP contribution in [0.1, 0.15) is 24.6 Å². The van der Waals surface area contributed by atoms with Gasteiger partial charge in [-0.15, -0.1) is 0 Å². The second-order valence-corrected chi connectivity index (χ2v) is 2.32. The predicted octanol–water partition coefficient (Wildman–Crippen LogP) is 2.15. The van der Waals surface area contributed by atoms with E-state index in [9.17, 15) is 0 Å². The third kappa shape index (κ3) is 2.09. The maximum Gasteiger partial charge on any atom is 0.116 e. The predicted molar refractivity (Wildman–Crippen MR) is 46.1 cm³/mol. The Bertz CT molecular complexity index is 291. The lowest BCUT2D eigenvalue weighted by atomic mass is 10.2. The molecule has 0 saturated heterocycles. The first kappa shape index (κ1) is 7.81. The summed E-state index contributed by atoms with van der Waals surface area (Å²) in [6.45, 7) is 4.05. The third-order valence-corrected chi connectivity index (χ3v) is 1.39. The van der Waals surface area contributed by atoms with E-state index >= 15 is 0 Å². The van der Waals surface area contributed by atoms with Gasteiger partial charge in [-0.2, -0.15) is 0 Å². The van der Waals surface area contributed by atoms with Gasteiger partial charge in [-0.25, -0.2) is 4.98 Å². The monoisotopic (exact) mass is 145 g/mol. The highest BCUT2D eigenvalue weighted by Crippen LogP contribution is 1.99. The molecule has 0 aliphatic carbocycles. The molecule has 1 heterocycles. The van der Waals surface area contributed by atoms with Gasteiger partial charge in [-0.05, 0) is 24.5 Å². The number of hydrogen-bond acceptors (Lipinski definition) is 1. The molecule has 1 rings (SSSR count). The lowest BCUT2D eigenvalue weighted by Crippen LogP contribution is -1.84. The van der Waals surface area contributed by atoms with E-state index in [4.69, 9.17) is 0 Å². The minimum Gasteiger partial charge on any atom is -0.248 e. The van der Waals surface area contributed by atoms with E-state index in [1.54, 1.807) is 6.20 Å². The molecular formula is C10H11N. The van der Waals surface area contributed by atoms with Crippen LogP contribution < -0.4 is 0 Å². The largest absolute Gasteiger partial charge is 0.248 e. The smallest absolute Gasteiger partial charge is 0.116 e. The van der Waals surface area contributed by atoms with Crippen LogP contribution >= 0.6 is 0 Å². The second kappa shape index (κ2) is 3.78. The van der Waals surface area contributed by atoms with Crippen LogP contribution in [0.15, 0.2) is 18.3 Å². The van der Waals surface area contributed by atoms with Crippen molar-refractivity contribution < 1.29 is 0 Å². The summed E-state index contributed by atoms with van der Waals surface area (Å²) >= 11 is 0.